The number of hydrogen-bond acceptors (Lipinski definition) is 2. The molecule has 1 aromatic rings. The van der Waals surface area contributed by atoms with Gasteiger partial charge in [-0.05, 0) is 30.9 Å². The summed E-state index contributed by atoms with van der Waals surface area (Å²) in [4.78, 5) is 17.9. The van der Waals surface area contributed by atoms with Crippen molar-refractivity contribution in [3.05, 3.63) is 35.4 Å². The van der Waals surface area contributed by atoms with E-state index in [2.05, 4.69) is 46.8 Å². The number of guanidine groups is 1. The van der Waals surface area contributed by atoms with Gasteiger partial charge in [0.2, 0.25) is 5.91 Å². The van der Waals surface area contributed by atoms with Crippen LogP contribution in [0.3, 0.4) is 0 Å². The van der Waals surface area contributed by atoms with E-state index in [9.17, 15) is 4.79 Å². The molecule has 0 saturated carbocycles. The Morgan fingerprint density at radius 2 is 2.17 bits per heavy atom. The molecule has 23 heavy (non-hydrogen) atoms. The Bertz CT molecular complexity index is 556. The molecule has 0 spiro atoms. The third kappa shape index (κ3) is 4.98. The van der Waals surface area contributed by atoms with E-state index in [1.807, 2.05) is 11.8 Å². The number of carbonyl (C=O) groups excluding carboxylic acids is 1. The molecule has 0 radical (unpaired) electrons. The molecule has 1 fully saturated rings. The van der Waals surface area contributed by atoms with Gasteiger partial charge in [0.15, 0.2) is 5.96 Å². The quantitative estimate of drug-likeness (QED) is 0.642. The molecule has 1 aliphatic rings. The average Bonchev–Trinajstić information content (AvgIpc) is 3.03. The topological polar surface area (TPSA) is 56.7 Å². The van der Waals surface area contributed by atoms with Crippen LogP contribution in [0.5, 0.6) is 0 Å². The lowest BCUT2D eigenvalue weighted by Gasteiger charge is -2.19. The Morgan fingerprint density at radius 3 is 2.87 bits per heavy atom. The van der Waals surface area contributed by atoms with Crippen LogP contribution in [0.15, 0.2) is 29.3 Å². The third-order valence-electron chi connectivity index (χ3n) is 4.36. The summed E-state index contributed by atoms with van der Waals surface area (Å²) in [7, 11) is 1.78. The predicted molar refractivity (Wildman–Crippen MR) is 94.7 cm³/mol. The summed E-state index contributed by atoms with van der Waals surface area (Å²) < 4.78 is 0. The molecule has 5 heteroatoms. The molecule has 1 aromatic carbocycles. The smallest absolute Gasteiger partial charge is 0.222 e. The number of likely N-dealkylation sites (tertiary alicyclic amines) is 1. The number of nitrogens with zero attached hydrogens (tertiary/aromatic N) is 2. The molecule has 1 amide bonds. The highest BCUT2D eigenvalue weighted by atomic mass is 16.2. The molecular weight excluding hydrogens is 288 g/mol. The van der Waals surface area contributed by atoms with Crippen molar-refractivity contribution in [2.24, 2.45) is 4.99 Å². The van der Waals surface area contributed by atoms with Gasteiger partial charge in [0.05, 0.1) is 0 Å². The lowest BCUT2D eigenvalue weighted by Crippen LogP contribution is -2.45. The number of hydrogen-bond donors (Lipinski definition) is 2. The molecule has 5 nitrogen and oxygen atoms in total. The van der Waals surface area contributed by atoms with Gasteiger partial charge < -0.3 is 15.5 Å². The first-order valence-electron chi connectivity index (χ1n) is 8.43. The monoisotopic (exact) mass is 316 g/mol. The van der Waals surface area contributed by atoms with Crippen LogP contribution in [-0.2, 0) is 11.2 Å². The summed E-state index contributed by atoms with van der Waals surface area (Å²) in [5, 5.41) is 6.79. The van der Waals surface area contributed by atoms with Crippen LogP contribution in [0.25, 0.3) is 0 Å². The molecule has 0 bridgehead atoms. The fourth-order valence-corrected chi connectivity index (χ4v) is 2.92. The Hall–Kier alpha value is -2.04. The number of aryl methyl sites for hydroxylation is 1. The minimum absolute atomic E-state index is 0.233. The Balaban J connectivity index is 1.76. The van der Waals surface area contributed by atoms with Gasteiger partial charge in [0, 0.05) is 39.1 Å². The normalized spacial score (nSPS) is 18.1. The zero-order chi connectivity index (χ0) is 16.7. The second-order valence-corrected chi connectivity index (χ2v) is 6.00. The zero-order valence-electron chi connectivity index (χ0n) is 14.4. The van der Waals surface area contributed by atoms with Crippen LogP contribution in [0, 0.1) is 6.92 Å². The number of amides is 1. The highest BCUT2D eigenvalue weighted by Gasteiger charge is 2.25. The van der Waals surface area contributed by atoms with Crippen molar-refractivity contribution in [3.8, 4) is 0 Å². The number of benzene rings is 1. The van der Waals surface area contributed by atoms with Crippen LogP contribution in [0.1, 0.15) is 30.9 Å². The molecule has 1 unspecified atom stereocenters. The van der Waals surface area contributed by atoms with Gasteiger partial charge in [-0.2, -0.15) is 0 Å². The molecule has 1 aliphatic heterocycles. The number of aliphatic imine (C=N–C) groups is 1. The first-order chi connectivity index (χ1) is 11.1. The first kappa shape index (κ1) is 17.3. The minimum Gasteiger partial charge on any atom is -0.356 e. The van der Waals surface area contributed by atoms with Crippen molar-refractivity contribution in [3.63, 3.8) is 0 Å². The lowest BCUT2D eigenvalue weighted by atomic mass is 10.1. The summed E-state index contributed by atoms with van der Waals surface area (Å²) in [6.45, 7) is 6.50. The summed E-state index contributed by atoms with van der Waals surface area (Å²) in [5.41, 5.74) is 2.68. The fourth-order valence-electron chi connectivity index (χ4n) is 2.92. The highest BCUT2D eigenvalue weighted by molar-refractivity contribution is 5.80. The molecule has 2 N–H and O–H groups in total. The van der Waals surface area contributed by atoms with E-state index in [1.54, 1.807) is 7.05 Å². The standard InChI is InChI=1S/C18H28N4O/c1-4-17(23)22-12-10-16(13-22)21-18(19-3)20-11-9-15-8-6-5-7-14(15)2/h5-8,16H,4,9-13H2,1-3H3,(H2,19,20,21). The molecule has 2 rings (SSSR count). The summed E-state index contributed by atoms with van der Waals surface area (Å²) in [6.07, 6.45) is 2.53. The second kappa shape index (κ2) is 8.56. The number of rotatable bonds is 5. The summed E-state index contributed by atoms with van der Waals surface area (Å²) in [6, 6.07) is 8.73. The summed E-state index contributed by atoms with van der Waals surface area (Å²) in [5.74, 6) is 1.05. The van der Waals surface area contributed by atoms with Crippen LogP contribution >= 0.6 is 0 Å². The largest absolute Gasteiger partial charge is 0.356 e. The zero-order valence-corrected chi connectivity index (χ0v) is 14.4. The molecule has 0 aliphatic carbocycles. The van der Waals surface area contributed by atoms with Crippen molar-refractivity contribution in [2.45, 2.75) is 39.2 Å². The van der Waals surface area contributed by atoms with Crippen molar-refractivity contribution in [1.82, 2.24) is 15.5 Å². The molecule has 1 atom stereocenters. The Kier molecular flexibility index (Phi) is 6.44. The van der Waals surface area contributed by atoms with E-state index in [1.165, 1.54) is 11.1 Å². The number of carbonyl (C=O) groups is 1. The van der Waals surface area contributed by atoms with Gasteiger partial charge in [-0.25, -0.2) is 0 Å². The van der Waals surface area contributed by atoms with Gasteiger partial charge in [-0.3, -0.25) is 9.79 Å². The maximum atomic E-state index is 11.7. The van der Waals surface area contributed by atoms with Crippen molar-refractivity contribution >= 4 is 11.9 Å². The predicted octanol–water partition coefficient (Wildman–Crippen LogP) is 1.71. The third-order valence-corrected chi connectivity index (χ3v) is 4.36. The van der Waals surface area contributed by atoms with Gasteiger partial charge >= 0.3 is 0 Å². The average molecular weight is 316 g/mol. The van der Waals surface area contributed by atoms with E-state index in [0.717, 1.165) is 38.4 Å². The molecule has 1 saturated heterocycles. The van der Waals surface area contributed by atoms with Gasteiger partial charge in [0.1, 0.15) is 0 Å². The van der Waals surface area contributed by atoms with Gasteiger partial charge in [-0.1, -0.05) is 31.2 Å². The van der Waals surface area contributed by atoms with Crippen molar-refractivity contribution < 1.29 is 4.79 Å². The van der Waals surface area contributed by atoms with Gasteiger partial charge in [-0.15, -0.1) is 0 Å². The van der Waals surface area contributed by atoms with Crippen molar-refractivity contribution in [1.29, 1.82) is 0 Å². The van der Waals surface area contributed by atoms with E-state index >= 15 is 0 Å². The Labute approximate surface area is 139 Å². The van der Waals surface area contributed by atoms with Crippen molar-refractivity contribution in [2.75, 3.05) is 26.7 Å². The number of nitrogens with one attached hydrogen (secondary N) is 2. The van der Waals surface area contributed by atoms with E-state index in [0.29, 0.717) is 6.42 Å². The SMILES string of the molecule is CCC(=O)N1CCC(NC(=NC)NCCc2ccccc2C)C1. The van der Waals surface area contributed by atoms with Crippen LogP contribution in [-0.4, -0.2) is 49.5 Å². The molecule has 1 heterocycles. The molecule has 0 aromatic heterocycles. The summed E-state index contributed by atoms with van der Waals surface area (Å²) >= 11 is 0. The fraction of sp³-hybridized carbons (Fsp3) is 0.556. The van der Waals surface area contributed by atoms with E-state index in [-0.39, 0.29) is 11.9 Å². The molecule has 126 valence electrons. The molecular formula is C18H28N4O. The lowest BCUT2D eigenvalue weighted by molar-refractivity contribution is -0.129. The van der Waals surface area contributed by atoms with Gasteiger partial charge in [0.25, 0.3) is 0 Å². The van der Waals surface area contributed by atoms with E-state index in [4.69, 9.17) is 0 Å². The highest BCUT2D eigenvalue weighted by Crippen LogP contribution is 2.10. The maximum Gasteiger partial charge on any atom is 0.222 e. The minimum atomic E-state index is 0.233. The van der Waals surface area contributed by atoms with Crippen LogP contribution in [0.2, 0.25) is 0 Å². The first-order valence-corrected chi connectivity index (χ1v) is 8.43. The maximum absolute atomic E-state index is 11.7. The Morgan fingerprint density at radius 1 is 1.39 bits per heavy atom. The van der Waals surface area contributed by atoms with E-state index < -0.39 is 0 Å². The second-order valence-electron chi connectivity index (χ2n) is 6.00. The van der Waals surface area contributed by atoms with Crippen LogP contribution in [0.4, 0.5) is 0 Å². The van der Waals surface area contributed by atoms with Crippen LogP contribution < -0.4 is 10.6 Å².